The predicted octanol–water partition coefficient (Wildman–Crippen LogP) is 2.98. The van der Waals surface area contributed by atoms with Crippen LogP contribution in [0.4, 0.5) is 0 Å². The molecule has 1 aromatic carbocycles. The van der Waals surface area contributed by atoms with Crippen molar-refractivity contribution in [2.45, 2.75) is 31.6 Å². The van der Waals surface area contributed by atoms with Gasteiger partial charge in [-0.2, -0.15) is 0 Å². The average Bonchev–Trinajstić information content (AvgIpc) is 3.40. The largest absolute Gasteiger partial charge is 0.465 e. The van der Waals surface area contributed by atoms with E-state index in [1.54, 1.807) is 23.5 Å². The first-order valence-corrected chi connectivity index (χ1v) is 10.2. The molecular weight excluding hydrogens is 364 g/mol. The smallest absolute Gasteiger partial charge is 0.337 e. The fraction of sp³-hybridized carbons (Fsp3) is 0.500. The quantitative estimate of drug-likeness (QED) is 0.734. The summed E-state index contributed by atoms with van der Waals surface area (Å²) in [6.07, 6.45) is 2.65. The Balaban J connectivity index is 1.38. The number of esters is 1. The first-order valence-electron chi connectivity index (χ1n) is 9.31. The predicted molar refractivity (Wildman–Crippen MR) is 103 cm³/mol. The third-order valence-electron chi connectivity index (χ3n) is 5.05. The summed E-state index contributed by atoms with van der Waals surface area (Å²) in [5.41, 5.74) is 2.63. The summed E-state index contributed by atoms with van der Waals surface area (Å²) in [5.74, 6) is -0.325. The highest BCUT2D eigenvalue weighted by atomic mass is 32.1. The third-order valence-corrected chi connectivity index (χ3v) is 5.99. The van der Waals surface area contributed by atoms with Crippen molar-refractivity contribution < 1.29 is 19.0 Å². The number of ether oxygens (including phenoxy) is 3. The SMILES string of the molecule is COC(=O)c1ccc(-c2nc(CN3CCOC(C4CCCO4)C3)cs2)cc1. The molecule has 6 nitrogen and oxygen atoms in total. The van der Waals surface area contributed by atoms with Crippen molar-refractivity contribution in [1.29, 1.82) is 0 Å². The van der Waals surface area contributed by atoms with Crippen LogP contribution in [0.3, 0.4) is 0 Å². The van der Waals surface area contributed by atoms with E-state index in [4.69, 9.17) is 19.2 Å². The van der Waals surface area contributed by atoms with Gasteiger partial charge < -0.3 is 14.2 Å². The fourth-order valence-electron chi connectivity index (χ4n) is 3.60. The van der Waals surface area contributed by atoms with Crippen molar-refractivity contribution in [1.82, 2.24) is 9.88 Å². The Morgan fingerprint density at radius 2 is 2.07 bits per heavy atom. The zero-order valence-electron chi connectivity index (χ0n) is 15.4. The van der Waals surface area contributed by atoms with E-state index >= 15 is 0 Å². The van der Waals surface area contributed by atoms with Crippen molar-refractivity contribution in [3.63, 3.8) is 0 Å². The van der Waals surface area contributed by atoms with Crippen molar-refractivity contribution in [2.24, 2.45) is 0 Å². The van der Waals surface area contributed by atoms with Gasteiger partial charge in [0.15, 0.2) is 0 Å². The van der Waals surface area contributed by atoms with Gasteiger partial charge in [-0.05, 0) is 25.0 Å². The van der Waals surface area contributed by atoms with Crippen LogP contribution in [-0.4, -0.2) is 61.5 Å². The van der Waals surface area contributed by atoms with Crippen LogP contribution in [0.25, 0.3) is 10.6 Å². The summed E-state index contributed by atoms with van der Waals surface area (Å²) in [6, 6.07) is 7.38. The molecule has 27 heavy (non-hydrogen) atoms. The first-order chi connectivity index (χ1) is 13.2. The van der Waals surface area contributed by atoms with Crippen LogP contribution < -0.4 is 0 Å². The minimum Gasteiger partial charge on any atom is -0.465 e. The number of carbonyl (C=O) groups excluding carboxylic acids is 1. The van der Waals surface area contributed by atoms with Crippen LogP contribution in [0, 0.1) is 0 Å². The molecule has 0 bridgehead atoms. The molecule has 1 aromatic heterocycles. The Kier molecular flexibility index (Phi) is 5.83. The third kappa shape index (κ3) is 4.38. The van der Waals surface area contributed by atoms with Gasteiger partial charge in [-0.1, -0.05) is 12.1 Å². The second-order valence-electron chi connectivity index (χ2n) is 6.91. The molecule has 144 valence electrons. The molecule has 2 fully saturated rings. The van der Waals surface area contributed by atoms with Crippen molar-refractivity contribution >= 4 is 17.3 Å². The van der Waals surface area contributed by atoms with Crippen LogP contribution in [0.15, 0.2) is 29.6 Å². The van der Waals surface area contributed by atoms with Gasteiger partial charge >= 0.3 is 5.97 Å². The number of thiazole rings is 1. The number of morpholine rings is 1. The van der Waals surface area contributed by atoms with E-state index < -0.39 is 0 Å². The topological polar surface area (TPSA) is 60.9 Å². The number of benzene rings is 1. The highest BCUT2D eigenvalue weighted by Gasteiger charge is 2.31. The Hall–Kier alpha value is -1.80. The molecule has 2 saturated heterocycles. The van der Waals surface area contributed by atoms with Gasteiger partial charge in [-0.15, -0.1) is 11.3 Å². The van der Waals surface area contributed by atoms with Gasteiger partial charge in [0.25, 0.3) is 0 Å². The van der Waals surface area contributed by atoms with Crippen LogP contribution >= 0.6 is 11.3 Å². The summed E-state index contributed by atoms with van der Waals surface area (Å²) in [6.45, 7) is 4.24. The van der Waals surface area contributed by atoms with E-state index in [1.807, 2.05) is 12.1 Å². The molecule has 3 heterocycles. The second-order valence-corrected chi connectivity index (χ2v) is 7.77. The maximum absolute atomic E-state index is 11.5. The number of hydrogen-bond donors (Lipinski definition) is 0. The lowest BCUT2D eigenvalue weighted by atomic mass is 10.1. The summed E-state index contributed by atoms with van der Waals surface area (Å²) in [5, 5.41) is 3.07. The molecule has 0 amide bonds. The Labute approximate surface area is 163 Å². The molecule has 0 N–H and O–H groups in total. The second kappa shape index (κ2) is 8.48. The van der Waals surface area contributed by atoms with Crippen LogP contribution in [0.1, 0.15) is 28.9 Å². The number of aromatic nitrogens is 1. The van der Waals surface area contributed by atoms with Crippen LogP contribution in [-0.2, 0) is 20.8 Å². The number of hydrogen-bond acceptors (Lipinski definition) is 7. The molecule has 2 aromatic rings. The monoisotopic (exact) mass is 388 g/mol. The van der Waals surface area contributed by atoms with Gasteiger partial charge in [0, 0.05) is 37.2 Å². The molecule has 0 spiro atoms. The van der Waals surface area contributed by atoms with Gasteiger partial charge in [0.2, 0.25) is 0 Å². The summed E-state index contributed by atoms with van der Waals surface area (Å²) in [7, 11) is 1.39. The molecule has 2 aliphatic rings. The van der Waals surface area contributed by atoms with E-state index in [-0.39, 0.29) is 18.2 Å². The average molecular weight is 388 g/mol. The molecule has 0 saturated carbocycles. The maximum atomic E-state index is 11.5. The standard InChI is InChI=1S/C20H24N2O4S/c1-24-20(23)15-6-4-14(5-7-15)19-21-16(13-27-19)11-22-8-10-26-18(12-22)17-3-2-9-25-17/h4-7,13,17-18H,2-3,8-12H2,1H3. The molecule has 2 unspecified atom stereocenters. The highest BCUT2D eigenvalue weighted by Crippen LogP contribution is 2.26. The minimum absolute atomic E-state index is 0.172. The van der Waals surface area contributed by atoms with Crippen molar-refractivity contribution in [3.8, 4) is 10.6 Å². The number of rotatable bonds is 5. The zero-order valence-corrected chi connectivity index (χ0v) is 16.2. The molecule has 0 radical (unpaired) electrons. The van der Waals surface area contributed by atoms with Gasteiger partial charge in [0.1, 0.15) is 5.01 Å². The van der Waals surface area contributed by atoms with Crippen molar-refractivity contribution in [3.05, 3.63) is 40.9 Å². The molecule has 2 aliphatic heterocycles. The number of carbonyl (C=O) groups is 1. The molecule has 4 rings (SSSR count). The lowest BCUT2D eigenvalue weighted by molar-refractivity contribution is -0.0961. The van der Waals surface area contributed by atoms with E-state index in [2.05, 4.69) is 10.3 Å². The summed E-state index contributed by atoms with van der Waals surface area (Å²) < 4.78 is 16.5. The summed E-state index contributed by atoms with van der Waals surface area (Å²) >= 11 is 1.63. The molecular formula is C20H24N2O4S. The van der Waals surface area contributed by atoms with Gasteiger partial charge in [-0.3, -0.25) is 4.90 Å². The van der Waals surface area contributed by atoms with Crippen LogP contribution in [0.2, 0.25) is 0 Å². The van der Waals surface area contributed by atoms with E-state index in [0.29, 0.717) is 5.56 Å². The van der Waals surface area contributed by atoms with Gasteiger partial charge in [-0.25, -0.2) is 9.78 Å². The van der Waals surface area contributed by atoms with Crippen LogP contribution in [0.5, 0.6) is 0 Å². The van der Waals surface area contributed by atoms with E-state index in [9.17, 15) is 4.79 Å². The zero-order chi connectivity index (χ0) is 18.6. The lowest BCUT2D eigenvalue weighted by Gasteiger charge is -2.35. The fourth-order valence-corrected chi connectivity index (χ4v) is 4.42. The van der Waals surface area contributed by atoms with E-state index in [1.165, 1.54) is 7.11 Å². The normalized spacial score (nSPS) is 23.4. The minimum atomic E-state index is -0.325. The van der Waals surface area contributed by atoms with Gasteiger partial charge in [0.05, 0.1) is 37.2 Å². The Morgan fingerprint density at radius 3 is 2.81 bits per heavy atom. The Bertz CT molecular complexity index is 771. The molecule has 2 atom stereocenters. The summed E-state index contributed by atoms with van der Waals surface area (Å²) in [4.78, 5) is 18.7. The van der Waals surface area contributed by atoms with E-state index in [0.717, 1.165) is 62.0 Å². The molecule has 7 heteroatoms. The maximum Gasteiger partial charge on any atom is 0.337 e. The number of methoxy groups -OCH3 is 1. The number of nitrogens with zero attached hydrogens (tertiary/aromatic N) is 2. The Morgan fingerprint density at radius 1 is 1.26 bits per heavy atom. The lowest BCUT2D eigenvalue weighted by Crippen LogP contribution is -2.47. The molecule has 0 aliphatic carbocycles. The van der Waals surface area contributed by atoms with Crippen molar-refractivity contribution in [2.75, 3.05) is 33.4 Å². The first kappa shape index (κ1) is 18.6. The highest BCUT2D eigenvalue weighted by molar-refractivity contribution is 7.13.